The van der Waals surface area contributed by atoms with Gasteiger partial charge in [-0.3, -0.25) is 4.79 Å². The van der Waals surface area contributed by atoms with Crippen molar-refractivity contribution < 1.29 is 4.79 Å². The Hall–Kier alpha value is -2.63. The first-order valence-corrected chi connectivity index (χ1v) is 9.34. The Labute approximate surface area is 154 Å². The predicted molar refractivity (Wildman–Crippen MR) is 102 cm³/mol. The van der Waals surface area contributed by atoms with Gasteiger partial charge < -0.3 is 15.5 Å². The van der Waals surface area contributed by atoms with Crippen molar-refractivity contribution in [3.05, 3.63) is 47.2 Å². The Morgan fingerprint density at radius 1 is 1.15 bits per heavy atom. The minimum absolute atomic E-state index is 0.0229. The van der Waals surface area contributed by atoms with Crippen molar-refractivity contribution in [1.29, 1.82) is 0 Å². The number of benzene rings is 1. The fraction of sp³-hybridized carbons (Fsp3) is 0.450. The lowest BCUT2D eigenvalue weighted by Gasteiger charge is -2.25. The fourth-order valence-corrected chi connectivity index (χ4v) is 4.14. The van der Waals surface area contributed by atoms with Gasteiger partial charge in [-0.2, -0.15) is 4.98 Å². The second-order valence-electron chi connectivity index (χ2n) is 7.18. The lowest BCUT2D eigenvalue weighted by Crippen LogP contribution is -2.38. The highest BCUT2D eigenvalue weighted by Gasteiger charge is 2.32. The number of aromatic nitrogens is 2. The number of amides is 1. The number of hydrogen-bond acceptors (Lipinski definition) is 5. The number of nitrogen functional groups attached to an aromatic ring is 1. The average Bonchev–Trinajstić information content (AvgIpc) is 2.89. The summed E-state index contributed by atoms with van der Waals surface area (Å²) >= 11 is 0. The molecule has 2 heterocycles. The van der Waals surface area contributed by atoms with E-state index in [1.807, 2.05) is 24.0 Å². The van der Waals surface area contributed by atoms with Crippen LogP contribution in [0.5, 0.6) is 0 Å². The number of carbonyl (C=O) groups excluding carboxylic acids is 1. The predicted octanol–water partition coefficient (Wildman–Crippen LogP) is 2.14. The van der Waals surface area contributed by atoms with Crippen LogP contribution in [-0.4, -0.2) is 47.0 Å². The van der Waals surface area contributed by atoms with E-state index in [4.69, 9.17) is 5.73 Å². The van der Waals surface area contributed by atoms with E-state index in [1.165, 1.54) is 11.1 Å². The van der Waals surface area contributed by atoms with Crippen molar-refractivity contribution in [2.24, 2.45) is 0 Å². The monoisotopic (exact) mass is 351 g/mol. The molecule has 4 rings (SSSR count). The molecule has 6 heteroatoms. The fourth-order valence-electron chi connectivity index (χ4n) is 4.14. The Kier molecular flexibility index (Phi) is 4.49. The third-order valence-electron chi connectivity index (χ3n) is 5.42. The second-order valence-corrected chi connectivity index (χ2v) is 7.18. The molecule has 2 aliphatic rings. The van der Waals surface area contributed by atoms with Crippen LogP contribution in [0.1, 0.15) is 35.6 Å². The topological polar surface area (TPSA) is 75.3 Å². The van der Waals surface area contributed by atoms with E-state index in [1.54, 1.807) is 0 Å². The van der Waals surface area contributed by atoms with Crippen molar-refractivity contribution in [2.45, 2.75) is 32.1 Å². The van der Waals surface area contributed by atoms with Crippen molar-refractivity contribution in [1.82, 2.24) is 14.9 Å². The van der Waals surface area contributed by atoms with Gasteiger partial charge in [0.1, 0.15) is 5.82 Å². The quantitative estimate of drug-likeness (QED) is 0.897. The van der Waals surface area contributed by atoms with E-state index >= 15 is 0 Å². The van der Waals surface area contributed by atoms with Gasteiger partial charge in [0.05, 0.1) is 5.92 Å². The number of hydrogen-bond donors (Lipinski definition) is 1. The molecule has 136 valence electrons. The van der Waals surface area contributed by atoms with Crippen molar-refractivity contribution >= 4 is 17.7 Å². The standard InChI is InChI=1S/C20H25N5O/c1-14-13-18(23-20(21)22-14)24-9-4-10-25(12-11-24)19(26)17-8-7-15-5-2-3-6-16(15)17/h2-3,5-6,13,17H,4,7-12H2,1H3,(H2,21,22,23). The van der Waals surface area contributed by atoms with Crippen LogP contribution < -0.4 is 10.6 Å². The summed E-state index contributed by atoms with van der Waals surface area (Å²) in [7, 11) is 0. The van der Waals surface area contributed by atoms with Gasteiger partial charge in [0, 0.05) is 37.9 Å². The maximum Gasteiger partial charge on any atom is 0.230 e. The van der Waals surface area contributed by atoms with Gasteiger partial charge in [-0.25, -0.2) is 4.98 Å². The average molecular weight is 351 g/mol. The van der Waals surface area contributed by atoms with E-state index in [9.17, 15) is 4.79 Å². The molecular formula is C20H25N5O. The molecule has 26 heavy (non-hydrogen) atoms. The Morgan fingerprint density at radius 3 is 2.85 bits per heavy atom. The van der Waals surface area contributed by atoms with Gasteiger partial charge in [0.25, 0.3) is 0 Å². The zero-order chi connectivity index (χ0) is 18.1. The lowest BCUT2D eigenvalue weighted by molar-refractivity contribution is -0.132. The molecule has 1 aromatic carbocycles. The minimum Gasteiger partial charge on any atom is -0.368 e. The molecule has 1 fully saturated rings. The molecule has 0 radical (unpaired) electrons. The first kappa shape index (κ1) is 16.8. The molecule has 1 unspecified atom stereocenters. The third-order valence-corrected chi connectivity index (χ3v) is 5.42. The molecule has 1 saturated heterocycles. The van der Waals surface area contributed by atoms with Crippen LogP contribution in [0.2, 0.25) is 0 Å². The van der Waals surface area contributed by atoms with Crippen LogP contribution >= 0.6 is 0 Å². The highest BCUT2D eigenvalue weighted by molar-refractivity contribution is 5.85. The Balaban J connectivity index is 1.46. The van der Waals surface area contributed by atoms with Crippen molar-refractivity contribution in [3.8, 4) is 0 Å². The molecule has 1 aliphatic heterocycles. The SMILES string of the molecule is Cc1cc(N2CCCN(C(=O)C3CCc4ccccc43)CC2)nc(N)n1. The van der Waals surface area contributed by atoms with Crippen molar-refractivity contribution in [2.75, 3.05) is 36.8 Å². The molecular weight excluding hydrogens is 326 g/mol. The maximum absolute atomic E-state index is 13.1. The Morgan fingerprint density at radius 2 is 2.00 bits per heavy atom. The third kappa shape index (κ3) is 3.23. The molecule has 1 aromatic heterocycles. The molecule has 0 saturated carbocycles. The van der Waals surface area contributed by atoms with Crippen LogP contribution in [0.4, 0.5) is 11.8 Å². The summed E-state index contributed by atoms with van der Waals surface area (Å²) in [5.74, 6) is 1.46. The summed E-state index contributed by atoms with van der Waals surface area (Å²) in [5.41, 5.74) is 9.21. The number of carbonyl (C=O) groups is 1. The van der Waals surface area contributed by atoms with Crippen LogP contribution in [0.25, 0.3) is 0 Å². The smallest absolute Gasteiger partial charge is 0.230 e. The van der Waals surface area contributed by atoms with Crippen molar-refractivity contribution in [3.63, 3.8) is 0 Å². The summed E-state index contributed by atoms with van der Waals surface area (Å²) in [6.07, 6.45) is 2.87. The van der Waals surface area contributed by atoms with Gasteiger partial charge in [0.2, 0.25) is 11.9 Å². The van der Waals surface area contributed by atoms with Crippen LogP contribution in [0.3, 0.4) is 0 Å². The molecule has 6 nitrogen and oxygen atoms in total. The van der Waals surface area contributed by atoms with E-state index < -0.39 is 0 Å². The van der Waals surface area contributed by atoms with Crippen LogP contribution in [0, 0.1) is 6.92 Å². The van der Waals surface area contributed by atoms with Gasteiger partial charge in [0.15, 0.2) is 0 Å². The van der Waals surface area contributed by atoms with Gasteiger partial charge in [-0.15, -0.1) is 0 Å². The Bertz CT molecular complexity index is 801. The molecule has 0 spiro atoms. The molecule has 1 amide bonds. The van der Waals surface area contributed by atoms with Gasteiger partial charge in [-0.1, -0.05) is 24.3 Å². The summed E-state index contributed by atoms with van der Waals surface area (Å²) < 4.78 is 0. The molecule has 1 aliphatic carbocycles. The van der Waals surface area contributed by atoms with Crippen LogP contribution in [0.15, 0.2) is 30.3 Å². The van der Waals surface area contributed by atoms with E-state index in [-0.39, 0.29) is 11.8 Å². The summed E-state index contributed by atoms with van der Waals surface area (Å²) in [5, 5.41) is 0. The number of anilines is 2. The van der Waals surface area contributed by atoms with E-state index in [0.717, 1.165) is 57.0 Å². The largest absolute Gasteiger partial charge is 0.368 e. The minimum atomic E-state index is 0.0229. The van der Waals surface area contributed by atoms with Gasteiger partial charge >= 0.3 is 0 Å². The second kappa shape index (κ2) is 6.94. The summed E-state index contributed by atoms with van der Waals surface area (Å²) in [6.45, 7) is 5.09. The lowest BCUT2D eigenvalue weighted by atomic mass is 10.00. The number of rotatable bonds is 2. The number of nitrogens with two attached hydrogens (primary N) is 1. The summed E-state index contributed by atoms with van der Waals surface area (Å²) in [4.78, 5) is 25.9. The van der Waals surface area contributed by atoms with Crippen LogP contribution in [-0.2, 0) is 11.2 Å². The van der Waals surface area contributed by atoms with E-state index in [2.05, 4.69) is 33.1 Å². The number of nitrogens with zero attached hydrogens (tertiary/aromatic N) is 4. The first-order valence-electron chi connectivity index (χ1n) is 9.34. The molecule has 1 atom stereocenters. The van der Waals surface area contributed by atoms with E-state index in [0.29, 0.717) is 5.95 Å². The number of aryl methyl sites for hydroxylation is 2. The summed E-state index contributed by atoms with van der Waals surface area (Å²) in [6, 6.07) is 10.3. The highest BCUT2D eigenvalue weighted by atomic mass is 16.2. The zero-order valence-electron chi connectivity index (χ0n) is 15.2. The van der Waals surface area contributed by atoms with Gasteiger partial charge in [-0.05, 0) is 37.3 Å². The maximum atomic E-state index is 13.1. The zero-order valence-corrected chi connectivity index (χ0v) is 15.2. The molecule has 0 bridgehead atoms. The highest BCUT2D eigenvalue weighted by Crippen LogP contribution is 2.34. The molecule has 2 aromatic rings. The normalized spacial score (nSPS) is 20.0. The number of fused-ring (bicyclic) bond motifs is 1. The molecule has 2 N–H and O–H groups in total. The first-order chi connectivity index (χ1) is 12.6.